The van der Waals surface area contributed by atoms with E-state index < -0.39 is 0 Å². The minimum absolute atomic E-state index is 0.00441. The van der Waals surface area contributed by atoms with Gasteiger partial charge in [0.25, 0.3) is 5.91 Å². The highest BCUT2D eigenvalue weighted by atomic mass is 35.5. The average molecular weight is 453 g/mol. The molecule has 1 heterocycles. The number of amides is 2. The van der Waals surface area contributed by atoms with E-state index in [1.54, 1.807) is 12.1 Å². The van der Waals surface area contributed by atoms with E-state index in [-0.39, 0.29) is 17.7 Å². The number of rotatable bonds is 5. The van der Waals surface area contributed by atoms with Crippen molar-refractivity contribution in [1.82, 2.24) is 4.90 Å². The Morgan fingerprint density at radius 1 is 0.969 bits per heavy atom. The van der Waals surface area contributed by atoms with Crippen molar-refractivity contribution in [1.29, 1.82) is 0 Å². The van der Waals surface area contributed by atoms with E-state index in [9.17, 15) is 9.59 Å². The number of likely N-dealkylation sites (tertiary alicyclic amines) is 1. The van der Waals surface area contributed by atoms with Crippen LogP contribution in [0.25, 0.3) is 10.8 Å². The van der Waals surface area contributed by atoms with Gasteiger partial charge in [-0.25, -0.2) is 0 Å². The van der Waals surface area contributed by atoms with E-state index in [1.165, 1.54) is 14.2 Å². The number of carbonyl (C=O) groups excluding carboxylic acids is 2. The number of ether oxygens (including phenoxy) is 2. The summed E-state index contributed by atoms with van der Waals surface area (Å²) in [5, 5.41) is 5.32. The molecule has 4 rings (SSSR count). The molecule has 1 fully saturated rings. The van der Waals surface area contributed by atoms with Crippen LogP contribution >= 0.6 is 11.6 Å². The molecule has 1 aliphatic rings. The maximum absolute atomic E-state index is 13.1. The Kier molecular flexibility index (Phi) is 6.51. The van der Waals surface area contributed by atoms with Gasteiger partial charge in [0.1, 0.15) is 11.5 Å². The van der Waals surface area contributed by atoms with E-state index in [1.807, 2.05) is 47.4 Å². The van der Waals surface area contributed by atoms with Crippen LogP contribution in [-0.4, -0.2) is 44.0 Å². The molecule has 1 saturated heterocycles. The Balaban J connectivity index is 1.43. The lowest BCUT2D eigenvalue weighted by Gasteiger charge is -2.31. The lowest BCUT2D eigenvalue weighted by Crippen LogP contribution is -2.41. The normalized spacial score (nSPS) is 14.3. The Bertz CT molecular complexity index is 1150. The van der Waals surface area contributed by atoms with E-state index in [0.29, 0.717) is 53.7 Å². The number of nitrogens with zero attached hydrogens (tertiary/aromatic N) is 1. The van der Waals surface area contributed by atoms with Gasteiger partial charge < -0.3 is 19.7 Å². The van der Waals surface area contributed by atoms with Crippen LogP contribution in [0, 0.1) is 5.92 Å². The summed E-state index contributed by atoms with van der Waals surface area (Å²) < 4.78 is 10.6. The number of carbonyl (C=O) groups is 2. The first-order valence-corrected chi connectivity index (χ1v) is 10.9. The number of hydrogen-bond donors (Lipinski definition) is 1. The first kappa shape index (κ1) is 22.0. The van der Waals surface area contributed by atoms with Gasteiger partial charge in [-0.15, -0.1) is 0 Å². The molecule has 0 saturated carbocycles. The van der Waals surface area contributed by atoms with Gasteiger partial charge in [0.2, 0.25) is 5.91 Å². The molecule has 0 unspecified atom stereocenters. The summed E-state index contributed by atoms with van der Waals surface area (Å²) in [6.07, 6.45) is 1.19. The van der Waals surface area contributed by atoms with Crippen LogP contribution in [0.2, 0.25) is 5.02 Å². The van der Waals surface area contributed by atoms with E-state index in [4.69, 9.17) is 21.1 Å². The van der Waals surface area contributed by atoms with E-state index in [2.05, 4.69) is 5.32 Å². The zero-order valence-corrected chi connectivity index (χ0v) is 18.8. The Morgan fingerprint density at radius 3 is 2.38 bits per heavy atom. The molecule has 1 N–H and O–H groups in total. The number of benzene rings is 3. The fourth-order valence-electron chi connectivity index (χ4n) is 4.12. The molecule has 7 heteroatoms. The fraction of sp³-hybridized carbons (Fsp3) is 0.280. The molecule has 32 heavy (non-hydrogen) atoms. The standard InChI is InChI=1S/C25H25ClN2O4/c1-31-22-15-21(23(32-2)14-20(22)26)27-24(29)17-10-12-28(13-11-17)25(30)19-9-5-7-16-6-3-4-8-18(16)19/h3-9,14-15,17H,10-13H2,1-2H3,(H,27,29). The van der Waals surface area contributed by atoms with Gasteiger partial charge in [0.05, 0.1) is 24.9 Å². The molecule has 3 aromatic rings. The van der Waals surface area contributed by atoms with Crippen molar-refractivity contribution in [3.05, 3.63) is 65.2 Å². The monoisotopic (exact) mass is 452 g/mol. The molecule has 1 aliphatic heterocycles. The van der Waals surface area contributed by atoms with Crippen LogP contribution < -0.4 is 14.8 Å². The van der Waals surface area contributed by atoms with Gasteiger partial charge in [-0.2, -0.15) is 0 Å². The van der Waals surface area contributed by atoms with Crippen LogP contribution in [-0.2, 0) is 4.79 Å². The molecule has 2 amide bonds. The van der Waals surface area contributed by atoms with Crippen LogP contribution in [0.3, 0.4) is 0 Å². The van der Waals surface area contributed by atoms with Crippen molar-refractivity contribution in [2.24, 2.45) is 5.92 Å². The lowest BCUT2D eigenvalue weighted by molar-refractivity contribution is -0.121. The van der Waals surface area contributed by atoms with Crippen molar-refractivity contribution in [3.63, 3.8) is 0 Å². The maximum atomic E-state index is 13.1. The number of halogens is 1. The summed E-state index contributed by atoms with van der Waals surface area (Å²) >= 11 is 6.14. The van der Waals surface area contributed by atoms with Gasteiger partial charge in [-0.05, 0) is 29.7 Å². The minimum Gasteiger partial charge on any atom is -0.495 e. The molecule has 0 aliphatic carbocycles. The summed E-state index contributed by atoms with van der Waals surface area (Å²) in [7, 11) is 3.03. The van der Waals surface area contributed by atoms with Gasteiger partial charge in [-0.1, -0.05) is 48.0 Å². The second kappa shape index (κ2) is 9.49. The number of hydrogen-bond acceptors (Lipinski definition) is 4. The zero-order chi connectivity index (χ0) is 22.7. The molecule has 3 aromatic carbocycles. The Morgan fingerprint density at radius 2 is 1.66 bits per heavy atom. The van der Waals surface area contributed by atoms with E-state index in [0.717, 1.165) is 10.8 Å². The first-order chi connectivity index (χ1) is 15.5. The zero-order valence-electron chi connectivity index (χ0n) is 18.1. The summed E-state index contributed by atoms with van der Waals surface area (Å²) in [6.45, 7) is 1.06. The number of nitrogens with one attached hydrogen (secondary N) is 1. The van der Waals surface area contributed by atoms with Crippen LogP contribution in [0.1, 0.15) is 23.2 Å². The highest BCUT2D eigenvalue weighted by molar-refractivity contribution is 6.32. The highest BCUT2D eigenvalue weighted by Gasteiger charge is 2.29. The first-order valence-electron chi connectivity index (χ1n) is 10.5. The van der Waals surface area contributed by atoms with Crippen LogP contribution in [0.5, 0.6) is 11.5 Å². The van der Waals surface area contributed by atoms with E-state index >= 15 is 0 Å². The SMILES string of the molecule is COc1cc(NC(=O)C2CCN(C(=O)c3cccc4ccccc34)CC2)c(OC)cc1Cl. The molecular weight excluding hydrogens is 428 g/mol. The molecule has 0 spiro atoms. The lowest BCUT2D eigenvalue weighted by atomic mass is 9.94. The van der Waals surface area contributed by atoms with Crippen molar-refractivity contribution < 1.29 is 19.1 Å². The van der Waals surface area contributed by atoms with Crippen LogP contribution in [0.15, 0.2) is 54.6 Å². The second-order valence-corrected chi connectivity index (χ2v) is 8.18. The molecule has 166 valence electrons. The van der Waals surface area contributed by atoms with Gasteiger partial charge in [0.15, 0.2) is 0 Å². The topological polar surface area (TPSA) is 67.9 Å². The minimum atomic E-state index is -0.196. The van der Waals surface area contributed by atoms with Crippen LogP contribution in [0.4, 0.5) is 5.69 Å². The molecule has 6 nitrogen and oxygen atoms in total. The number of methoxy groups -OCH3 is 2. The molecule has 0 aromatic heterocycles. The second-order valence-electron chi connectivity index (χ2n) is 7.77. The Labute approximate surface area is 192 Å². The molecular formula is C25H25ClN2O4. The third-order valence-electron chi connectivity index (χ3n) is 5.90. The largest absolute Gasteiger partial charge is 0.495 e. The highest BCUT2D eigenvalue weighted by Crippen LogP contribution is 2.36. The summed E-state index contributed by atoms with van der Waals surface area (Å²) in [5.41, 5.74) is 1.21. The van der Waals surface area contributed by atoms with Crippen molar-refractivity contribution in [3.8, 4) is 11.5 Å². The Hall–Kier alpha value is -3.25. The van der Waals surface area contributed by atoms with Gasteiger partial charge >= 0.3 is 0 Å². The summed E-state index contributed by atoms with van der Waals surface area (Å²) in [5.74, 6) is 0.624. The van der Waals surface area contributed by atoms with Crippen molar-refractivity contribution in [2.45, 2.75) is 12.8 Å². The number of piperidine rings is 1. The van der Waals surface area contributed by atoms with Gasteiger partial charge in [-0.3, -0.25) is 9.59 Å². The predicted octanol–water partition coefficient (Wildman–Crippen LogP) is 5.00. The molecule has 0 radical (unpaired) electrons. The number of fused-ring (bicyclic) bond motifs is 1. The predicted molar refractivity (Wildman–Crippen MR) is 126 cm³/mol. The molecule has 0 atom stereocenters. The quantitative estimate of drug-likeness (QED) is 0.591. The maximum Gasteiger partial charge on any atom is 0.254 e. The van der Waals surface area contributed by atoms with Gasteiger partial charge in [0, 0.05) is 36.7 Å². The number of anilines is 1. The average Bonchev–Trinajstić information content (AvgIpc) is 2.84. The smallest absolute Gasteiger partial charge is 0.254 e. The summed E-state index contributed by atoms with van der Waals surface area (Å²) in [6, 6.07) is 16.9. The van der Waals surface area contributed by atoms with Crippen molar-refractivity contribution in [2.75, 3.05) is 32.6 Å². The summed E-state index contributed by atoms with van der Waals surface area (Å²) in [4.78, 5) is 27.9. The molecule has 0 bridgehead atoms. The van der Waals surface area contributed by atoms with Crippen molar-refractivity contribution >= 4 is 39.9 Å². The third-order valence-corrected chi connectivity index (χ3v) is 6.20. The third kappa shape index (κ3) is 4.36. The fourth-order valence-corrected chi connectivity index (χ4v) is 4.35.